The minimum absolute atomic E-state index is 0.0724. The number of nitrogens with zero attached hydrogens (tertiary/aromatic N) is 3. The van der Waals surface area contributed by atoms with Crippen LogP contribution in [0.2, 0.25) is 0 Å². The number of aromatic amines is 1. The van der Waals surface area contributed by atoms with E-state index in [2.05, 4.69) is 31.2 Å². The molecule has 0 aliphatic carbocycles. The molecule has 0 saturated carbocycles. The topological polar surface area (TPSA) is 75.4 Å². The first kappa shape index (κ1) is 15.7. The van der Waals surface area contributed by atoms with Gasteiger partial charge in [0.1, 0.15) is 0 Å². The Bertz CT molecular complexity index is 723. The van der Waals surface area contributed by atoms with Crippen LogP contribution in [0.15, 0.2) is 21.7 Å². The Morgan fingerprint density at radius 1 is 1.52 bits per heavy atom. The molecular weight excluding hydrogens is 356 g/mol. The van der Waals surface area contributed by atoms with Crippen molar-refractivity contribution < 1.29 is 9.84 Å². The number of hydrogen-bond acceptors (Lipinski definition) is 5. The Balaban J connectivity index is 2.37. The summed E-state index contributed by atoms with van der Waals surface area (Å²) in [5.41, 5.74) is 0.772. The number of phenolic OH excluding ortho intramolecular Hbond substituents is 1. The van der Waals surface area contributed by atoms with Crippen molar-refractivity contribution in [2.45, 2.75) is 20.3 Å². The molecule has 0 amide bonds. The average Bonchev–Trinajstić information content (AvgIpc) is 2.82. The van der Waals surface area contributed by atoms with E-state index in [-0.39, 0.29) is 5.75 Å². The second kappa shape index (κ2) is 6.86. The third-order valence-corrected chi connectivity index (χ3v) is 3.58. The van der Waals surface area contributed by atoms with Gasteiger partial charge < -0.3 is 9.84 Å². The van der Waals surface area contributed by atoms with Gasteiger partial charge in [0.15, 0.2) is 17.3 Å². The number of H-pyrrole nitrogens is 1. The third kappa shape index (κ3) is 3.51. The molecule has 1 aromatic carbocycles. The lowest BCUT2D eigenvalue weighted by Gasteiger charge is -2.08. The zero-order valence-electron chi connectivity index (χ0n) is 11.6. The number of rotatable bonds is 5. The molecule has 8 heteroatoms. The van der Waals surface area contributed by atoms with Crippen LogP contribution in [0.4, 0.5) is 0 Å². The first-order valence-corrected chi connectivity index (χ1v) is 7.62. The van der Waals surface area contributed by atoms with Gasteiger partial charge >= 0.3 is 0 Å². The molecule has 0 unspecified atom stereocenters. The zero-order valence-corrected chi connectivity index (χ0v) is 14.0. The molecule has 0 aliphatic rings. The average molecular weight is 371 g/mol. The van der Waals surface area contributed by atoms with Crippen molar-refractivity contribution in [3.05, 3.63) is 32.8 Å². The molecule has 112 valence electrons. The van der Waals surface area contributed by atoms with E-state index >= 15 is 0 Å². The molecule has 6 nitrogen and oxygen atoms in total. The third-order valence-electron chi connectivity index (χ3n) is 2.71. The Morgan fingerprint density at radius 3 is 2.95 bits per heavy atom. The van der Waals surface area contributed by atoms with E-state index < -0.39 is 0 Å². The lowest BCUT2D eigenvalue weighted by molar-refractivity contribution is 0.317. The molecule has 1 aromatic heterocycles. The van der Waals surface area contributed by atoms with Crippen molar-refractivity contribution in [3.8, 4) is 11.5 Å². The maximum absolute atomic E-state index is 9.88. The number of hydrogen-bond donors (Lipinski definition) is 2. The van der Waals surface area contributed by atoms with Crippen LogP contribution in [0.1, 0.15) is 25.2 Å². The van der Waals surface area contributed by atoms with Crippen LogP contribution in [-0.2, 0) is 6.42 Å². The summed E-state index contributed by atoms with van der Waals surface area (Å²) in [7, 11) is 0. The van der Waals surface area contributed by atoms with Crippen LogP contribution in [0, 0.1) is 4.77 Å². The van der Waals surface area contributed by atoms with Gasteiger partial charge in [-0.3, -0.25) is 5.10 Å². The number of halogens is 1. The number of nitrogens with one attached hydrogen (secondary N) is 1. The fourth-order valence-electron chi connectivity index (χ4n) is 1.73. The number of phenols is 1. The van der Waals surface area contributed by atoms with Gasteiger partial charge in [-0.15, -0.1) is 0 Å². The number of aromatic nitrogens is 3. The predicted octanol–water partition coefficient (Wildman–Crippen LogP) is 3.25. The summed E-state index contributed by atoms with van der Waals surface area (Å²) >= 11 is 8.42. The number of aromatic hydroxyl groups is 1. The first-order chi connectivity index (χ1) is 10.1. The standard InChI is InChI=1S/C13H15BrN4O2S/c1-3-11-16-17-13(21)18(11)15-7-8-5-9(14)12(19)10(6-8)20-4-2/h5-7,19H,3-4H2,1-2H3,(H,17,21)/b15-7-. The zero-order chi connectivity index (χ0) is 15.4. The highest BCUT2D eigenvalue weighted by molar-refractivity contribution is 9.10. The Labute approximate surface area is 135 Å². The van der Waals surface area contributed by atoms with Crippen molar-refractivity contribution in [2.24, 2.45) is 5.10 Å². The van der Waals surface area contributed by atoms with Crippen LogP contribution in [-0.4, -0.2) is 32.8 Å². The van der Waals surface area contributed by atoms with Gasteiger partial charge in [-0.2, -0.15) is 14.9 Å². The van der Waals surface area contributed by atoms with Gasteiger partial charge in [0.05, 0.1) is 17.3 Å². The van der Waals surface area contributed by atoms with Gasteiger partial charge in [0.25, 0.3) is 0 Å². The monoisotopic (exact) mass is 370 g/mol. The molecule has 2 aromatic rings. The molecule has 0 aliphatic heterocycles. The van der Waals surface area contributed by atoms with E-state index in [9.17, 15) is 5.11 Å². The number of benzene rings is 1. The Kier molecular flexibility index (Phi) is 5.13. The molecule has 0 saturated heterocycles. The Hall–Kier alpha value is -1.67. The molecule has 1 heterocycles. The summed E-state index contributed by atoms with van der Waals surface area (Å²) < 4.78 is 7.92. The van der Waals surface area contributed by atoms with Gasteiger partial charge in [0.2, 0.25) is 4.77 Å². The summed E-state index contributed by atoms with van der Waals surface area (Å²) in [6, 6.07) is 3.46. The van der Waals surface area contributed by atoms with E-state index in [1.165, 1.54) is 0 Å². The smallest absolute Gasteiger partial charge is 0.216 e. The van der Waals surface area contributed by atoms with Crippen LogP contribution in [0.25, 0.3) is 0 Å². The normalized spacial score (nSPS) is 11.2. The summed E-state index contributed by atoms with van der Waals surface area (Å²) in [6.45, 7) is 4.29. The maximum Gasteiger partial charge on any atom is 0.216 e. The van der Waals surface area contributed by atoms with Gasteiger partial charge in [-0.1, -0.05) is 6.92 Å². The summed E-state index contributed by atoms with van der Waals surface area (Å²) in [6.07, 6.45) is 2.35. The van der Waals surface area contributed by atoms with Gasteiger partial charge in [-0.05, 0) is 52.8 Å². The maximum atomic E-state index is 9.88. The number of aryl methyl sites for hydroxylation is 1. The van der Waals surface area contributed by atoms with Gasteiger partial charge in [-0.25, -0.2) is 0 Å². The molecule has 0 radical (unpaired) electrons. The Morgan fingerprint density at radius 2 is 2.29 bits per heavy atom. The van der Waals surface area contributed by atoms with Crippen LogP contribution >= 0.6 is 28.1 Å². The minimum Gasteiger partial charge on any atom is -0.503 e. The lowest BCUT2D eigenvalue weighted by Crippen LogP contribution is -1.98. The highest BCUT2D eigenvalue weighted by Crippen LogP contribution is 2.35. The molecule has 2 rings (SSSR count). The molecule has 0 spiro atoms. The molecule has 2 N–H and O–H groups in total. The van der Waals surface area contributed by atoms with E-state index in [4.69, 9.17) is 17.0 Å². The summed E-state index contributed by atoms with van der Waals surface area (Å²) in [4.78, 5) is 0. The fourth-order valence-corrected chi connectivity index (χ4v) is 2.39. The van der Waals surface area contributed by atoms with E-state index in [0.717, 1.165) is 11.4 Å². The molecule has 0 bridgehead atoms. The lowest BCUT2D eigenvalue weighted by atomic mass is 10.2. The molecule has 21 heavy (non-hydrogen) atoms. The minimum atomic E-state index is 0.0724. The van der Waals surface area contributed by atoms with Crippen molar-refractivity contribution in [2.75, 3.05) is 6.61 Å². The van der Waals surface area contributed by atoms with Crippen LogP contribution in [0.5, 0.6) is 11.5 Å². The quantitative estimate of drug-likeness (QED) is 0.625. The van der Waals surface area contributed by atoms with Crippen molar-refractivity contribution >= 4 is 34.4 Å². The SMILES string of the molecule is CCOc1cc(/C=N\n2c(CC)n[nH]c2=S)cc(Br)c1O. The summed E-state index contributed by atoms with van der Waals surface area (Å²) in [5.74, 6) is 1.22. The largest absolute Gasteiger partial charge is 0.503 e. The van der Waals surface area contributed by atoms with E-state index in [1.54, 1.807) is 23.0 Å². The molecular formula is C13H15BrN4O2S. The van der Waals surface area contributed by atoms with Crippen molar-refractivity contribution in [3.63, 3.8) is 0 Å². The highest BCUT2D eigenvalue weighted by atomic mass is 79.9. The van der Waals surface area contributed by atoms with Crippen molar-refractivity contribution in [1.82, 2.24) is 14.9 Å². The first-order valence-electron chi connectivity index (χ1n) is 6.42. The van der Waals surface area contributed by atoms with E-state index in [1.807, 2.05) is 13.8 Å². The predicted molar refractivity (Wildman–Crippen MR) is 86.8 cm³/mol. The second-order valence-electron chi connectivity index (χ2n) is 4.14. The van der Waals surface area contributed by atoms with Crippen LogP contribution in [0.3, 0.4) is 0 Å². The molecule has 0 fully saturated rings. The van der Waals surface area contributed by atoms with Crippen molar-refractivity contribution in [1.29, 1.82) is 0 Å². The highest BCUT2D eigenvalue weighted by Gasteiger charge is 2.08. The fraction of sp³-hybridized carbons (Fsp3) is 0.308. The van der Waals surface area contributed by atoms with Crippen LogP contribution < -0.4 is 4.74 Å². The summed E-state index contributed by atoms with van der Waals surface area (Å²) in [5, 5.41) is 21.0. The molecule has 0 atom stereocenters. The van der Waals surface area contributed by atoms with E-state index in [0.29, 0.717) is 28.0 Å². The second-order valence-corrected chi connectivity index (χ2v) is 5.38. The number of ether oxygens (including phenoxy) is 1. The van der Waals surface area contributed by atoms with Gasteiger partial charge in [0, 0.05) is 6.42 Å².